The van der Waals surface area contributed by atoms with Crippen molar-refractivity contribution in [3.63, 3.8) is 0 Å². The van der Waals surface area contributed by atoms with Crippen molar-refractivity contribution in [2.75, 3.05) is 5.01 Å². The first-order valence-electron chi connectivity index (χ1n) is 9.11. The van der Waals surface area contributed by atoms with E-state index < -0.39 is 5.38 Å². The fourth-order valence-corrected chi connectivity index (χ4v) is 3.85. The first-order chi connectivity index (χ1) is 13.6. The van der Waals surface area contributed by atoms with Crippen molar-refractivity contribution in [3.8, 4) is 11.4 Å². The lowest BCUT2D eigenvalue weighted by Crippen LogP contribution is -2.69. The molecule has 6 nitrogen and oxygen atoms in total. The second kappa shape index (κ2) is 7.56. The Hall–Kier alpha value is -2.99. The van der Waals surface area contributed by atoms with Crippen LogP contribution in [0.1, 0.15) is 19.3 Å². The Morgan fingerprint density at radius 1 is 1.04 bits per heavy atom. The maximum Gasteiger partial charge on any atom is 0.280 e. The monoisotopic (exact) mass is 395 g/mol. The summed E-state index contributed by atoms with van der Waals surface area (Å²) >= 11 is 6.24. The Kier molecular flexibility index (Phi) is 4.96. The molecule has 0 radical (unpaired) electrons. The third kappa shape index (κ3) is 2.99. The van der Waals surface area contributed by atoms with E-state index in [1.165, 1.54) is 9.69 Å². The number of carbonyl (C=O) groups is 2. The maximum absolute atomic E-state index is 13.3. The summed E-state index contributed by atoms with van der Waals surface area (Å²) < 4.78 is 1.34. The molecular weight excluding hydrogens is 378 g/mol. The number of nitrogens with zero attached hydrogens (tertiary/aromatic N) is 3. The minimum absolute atomic E-state index is 0.318. The molecule has 0 bridgehead atoms. The number of unbranched alkanes of at least 4 members (excludes halogenated alkanes) is 1. The fourth-order valence-electron chi connectivity index (χ4n) is 3.52. The Morgan fingerprint density at radius 2 is 1.75 bits per heavy atom. The van der Waals surface area contributed by atoms with Gasteiger partial charge in [-0.05, 0) is 25.0 Å². The number of amides is 1. The van der Waals surface area contributed by atoms with Gasteiger partial charge in [-0.3, -0.25) is 9.59 Å². The Labute approximate surface area is 166 Å². The van der Waals surface area contributed by atoms with Crippen molar-refractivity contribution >= 4 is 34.7 Å². The molecule has 7 heteroatoms. The predicted molar refractivity (Wildman–Crippen MR) is 108 cm³/mol. The first-order valence-corrected chi connectivity index (χ1v) is 9.55. The minimum Gasteiger partial charge on any atom is -0.303 e. The summed E-state index contributed by atoms with van der Waals surface area (Å²) in [5.41, 5.74) is 0.972. The number of hydrogen-bond acceptors (Lipinski definition) is 4. The fraction of sp³-hybridized carbons (Fsp3) is 0.238. The molecule has 2 heterocycles. The molecule has 1 aromatic heterocycles. The zero-order valence-corrected chi connectivity index (χ0v) is 15.7. The summed E-state index contributed by atoms with van der Waals surface area (Å²) in [5.74, 6) is 0.0516. The highest BCUT2D eigenvalue weighted by atomic mass is 35.5. The number of halogens is 1. The molecule has 0 saturated carbocycles. The Bertz CT molecular complexity index is 1100. The van der Waals surface area contributed by atoms with Crippen LogP contribution >= 0.6 is 11.6 Å². The van der Waals surface area contributed by atoms with Crippen molar-refractivity contribution in [3.05, 3.63) is 65.0 Å². The van der Waals surface area contributed by atoms with Gasteiger partial charge in [0.05, 0.1) is 16.9 Å². The van der Waals surface area contributed by atoms with E-state index in [2.05, 4.69) is 4.98 Å². The number of aldehydes is 1. The van der Waals surface area contributed by atoms with Crippen LogP contribution in [0.5, 0.6) is 0 Å². The summed E-state index contributed by atoms with van der Waals surface area (Å²) in [6.45, 7) is 0. The molecule has 2 unspecified atom stereocenters. The smallest absolute Gasteiger partial charge is 0.280 e. The molecule has 0 N–H and O–H groups in total. The number of rotatable bonds is 6. The van der Waals surface area contributed by atoms with E-state index in [0.29, 0.717) is 36.0 Å². The molecule has 1 saturated heterocycles. The van der Waals surface area contributed by atoms with Gasteiger partial charge in [0.1, 0.15) is 11.7 Å². The molecule has 28 heavy (non-hydrogen) atoms. The van der Waals surface area contributed by atoms with Gasteiger partial charge in [-0.15, -0.1) is 11.6 Å². The molecule has 1 aliphatic rings. The number of aromatic nitrogens is 2. The lowest BCUT2D eigenvalue weighted by molar-refractivity contribution is -0.126. The average Bonchev–Trinajstić information content (AvgIpc) is 2.74. The standard InChI is InChI=1S/C21H18ClN3O3/c22-18-17(12-6-7-13-26)24(21(18)28)25-19(14-8-2-1-3-9-14)23-16-11-5-4-10-15(16)20(25)27/h1-5,8-11,13,17-18H,6-7,12H2. The van der Waals surface area contributed by atoms with Crippen LogP contribution in [-0.2, 0) is 9.59 Å². The van der Waals surface area contributed by atoms with Crippen LogP contribution in [0.25, 0.3) is 22.3 Å². The van der Waals surface area contributed by atoms with Gasteiger partial charge in [-0.1, -0.05) is 42.5 Å². The highest BCUT2D eigenvalue weighted by Gasteiger charge is 2.48. The van der Waals surface area contributed by atoms with E-state index in [9.17, 15) is 14.4 Å². The second-order valence-electron chi connectivity index (χ2n) is 6.69. The lowest BCUT2D eigenvalue weighted by atomic mass is 9.97. The first kappa shape index (κ1) is 18.4. The average molecular weight is 396 g/mol. The van der Waals surface area contributed by atoms with Gasteiger partial charge in [-0.25, -0.2) is 9.99 Å². The van der Waals surface area contributed by atoms with Gasteiger partial charge in [0.2, 0.25) is 0 Å². The third-order valence-corrected chi connectivity index (χ3v) is 5.41. The predicted octanol–water partition coefficient (Wildman–Crippen LogP) is 2.89. The minimum atomic E-state index is -0.714. The summed E-state index contributed by atoms with van der Waals surface area (Å²) in [5, 5.41) is 1.11. The topological polar surface area (TPSA) is 72.3 Å². The van der Waals surface area contributed by atoms with Gasteiger partial charge < -0.3 is 4.79 Å². The highest BCUT2D eigenvalue weighted by molar-refractivity contribution is 6.36. The van der Waals surface area contributed by atoms with Crippen LogP contribution in [0.2, 0.25) is 0 Å². The van der Waals surface area contributed by atoms with Crippen molar-refractivity contribution in [2.45, 2.75) is 30.7 Å². The van der Waals surface area contributed by atoms with E-state index in [-0.39, 0.29) is 17.5 Å². The largest absolute Gasteiger partial charge is 0.303 e. The summed E-state index contributed by atoms with van der Waals surface area (Å²) in [7, 11) is 0. The quantitative estimate of drug-likeness (QED) is 0.278. The molecule has 1 amide bonds. The number of benzene rings is 2. The van der Waals surface area contributed by atoms with Crippen LogP contribution < -0.4 is 10.6 Å². The van der Waals surface area contributed by atoms with Gasteiger partial charge in [0, 0.05) is 12.0 Å². The zero-order valence-electron chi connectivity index (χ0n) is 15.0. The second-order valence-corrected chi connectivity index (χ2v) is 7.16. The van der Waals surface area contributed by atoms with Crippen LogP contribution in [-0.4, -0.2) is 33.3 Å². The van der Waals surface area contributed by atoms with E-state index >= 15 is 0 Å². The molecule has 1 aliphatic heterocycles. The molecular formula is C21H18ClN3O3. The Morgan fingerprint density at radius 3 is 2.50 bits per heavy atom. The summed E-state index contributed by atoms with van der Waals surface area (Å²) in [6.07, 6.45) is 2.36. The van der Waals surface area contributed by atoms with Gasteiger partial charge in [-0.2, -0.15) is 4.68 Å². The van der Waals surface area contributed by atoms with Crippen molar-refractivity contribution in [1.82, 2.24) is 9.66 Å². The number of β-lactam (4-membered cyclic amide) rings is 1. The molecule has 4 rings (SSSR count). The van der Waals surface area contributed by atoms with Crippen molar-refractivity contribution < 1.29 is 9.59 Å². The van der Waals surface area contributed by atoms with Crippen LogP contribution in [0, 0.1) is 0 Å². The normalized spacial score (nSPS) is 18.9. The number of carbonyl (C=O) groups excluding carboxylic acids is 2. The van der Waals surface area contributed by atoms with E-state index in [1.54, 1.807) is 18.2 Å². The van der Waals surface area contributed by atoms with E-state index in [1.807, 2.05) is 36.4 Å². The molecule has 2 aromatic carbocycles. The Balaban J connectivity index is 1.89. The van der Waals surface area contributed by atoms with Crippen LogP contribution in [0.3, 0.4) is 0 Å². The highest BCUT2D eigenvalue weighted by Crippen LogP contribution is 2.30. The van der Waals surface area contributed by atoms with Gasteiger partial charge in [0.25, 0.3) is 11.5 Å². The van der Waals surface area contributed by atoms with Crippen LogP contribution in [0.4, 0.5) is 0 Å². The molecule has 3 aromatic rings. The SMILES string of the molecule is O=CCCCC1C(Cl)C(=O)N1n1c(-c2ccccc2)nc2ccccc2c1=O. The zero-order chi connectivity index (χ0) is 19.7. The summed E-state index contributed by atoms with van der Waals surface area (Å²) in [6, 6.07) is 16.0. The third-order valence-electron chi connectivity index (χ3n) is 4.94. The maximum atomic E-state index is 13.3. The van der Waals surface area contributed by atoms with Gasteiger partial charge >= 0.3 is 0 Å². The summed E-state index contributed by atoms with van der Waals surface area (Å²) in [4.78, 5) is 41.2. The van der Waals surface area contributed by atoms with Crippen molar-refractivity contribution in [2.24, 2.45) is 0 Å². The molecule has 0 spiro atoms. The van der Waals surface area contributed by atoms with Crippen LogP contribution in [0.15, 0.2) is 59.4 Å². The number of para-hydroxylation sites is 1. The molecule has 2 atom stereocenters. The van der Waals surface area contributed by atoms with Crippen molar-refractivity contribution in [1.29, 1.82) is 0 Å². The molecule has 0 aliphatic carbocycles. The number of alkyl halides is 1. The van der Waals surface area contributed by atoms with E-state index in [4.69, 9.17) is 11.6 Å². The van der Waals surface area contributed by atoms with Gasteiger partial charge in [0.15, 0.2) is 5.82 Å². The number of hydrogen-bond donors (Lipinski definition) is 0. The number of fused-ring (bicyclic) bond motifs is 1. The molecule has 142 valence electrons. The molecule has 1 fully saturated rings. The lowest BCUT2D eigenvalue weighted by Gasteiger charge is -2.45. The van der Waals surface area contributed by atoms with E-state index in [0.717, 1.165) is 11.8 Å².